The Morgan fingerprint density at radius 3 is 1.30 bits per heavy atom. The molecule has 2 aromatic heterocycles. The van der Waals surface area contributed by atoms with Gasteiger partial charge in [-0.2, -0.15) is 0 Å². The number of anilines is 6. The van der Waals surface area contributed by atoms with Crippen LogP contribution in [0.25, 0.3) is 0 Å². The lowest BCUT2D eigenvalue weighted by Crippen LogP contribution is -2.40. The molecule has 0 bridgehead atoms. The van der Waals surface area contributed by atoms with E-state index in [1.54, 1.807) is 0 Å². The Morgan fingerprint density at radius 1 is 0.667 bits per heavy atom. The van der Waals surface area contributed by atoms with Gasteiger partial charge in [0.05, 0.1) is 0 Å². The predicted octanol–water partition coefficient (Wildman–Crippen LogP) is -0.218. The van der Waals surface area contributed by atoms with Crippen molar-refractivity contribution in [1.82, 2.24) is 19.9 Å². The molecule has 14 N–H and O–H groups in total. The molecule has 0 aromatic carbocycles. The molecule has 0 saturated carbocycles. The Bertz CT molecular complexity index is 887. The van der Waals surface area contributed by atoms with Crippen molar-refractivity contribution < 1.29 is 0 Å². The van der Waals surface area contributed by atoms with Gasteiger partial charge in [-0.25, -0.2) is 19.9 Å². The molecule has 0 fully saturated rings. The molecule has 0 unspecified atom stereocenters. The van der Waals surface area contributed by atoms with Crippen LogP contribution < -0.4 is 44.2 Å². The minimum atomic E-state index is -0.305. The third-order valence-electron chi connectivity index (χ3n) is 3.88. The molecule has 162 valence electrons. The van der Waals surface area contributed by atoms with Crippen LogP contribution in [0, 0.1) is 10.8 Å². The van der Waals surface area contributed by atoms with Gasteiger partial charge < -0.3 is 34.4 Å². The zero-order valence-electron chi connectivity index (χ0n) is 15.7. The van der Waals surface area contributed by atoms with Crippen molar-refractivity contribution in [3.05, 3.63) is 10.3 Å². The van der Waals surface area contributed by atoms with Crippen LogP contribution in [0.4, 0.5) is 34.9 Å². The summed E-state index contributed by atoms with van der Waals surface area (Å²) < 4.78 is 0. The quantitative estimate of drug-likeness (QED) is 0.152. The number of nitrogens with one attached hydrogen (secondary N) is 2. The molecule has 16 heteroatoms. The lowest BCUT2D eigenvalue weighted by Gasteiger charge is -2.25. The number of nitrogens with zero attached hydrogens (tertiary/aromatic N) is 6. The minimum Gasteiger partial charge on any atom is -0.381 e. The summed E-state index contributed by atoms with van der Waals surface area (Å²) in [4.78, 5) is 18.5. The lowest BCUT2D eigenvalue weighted by molar-refractivity contribution is 0.730. The SMILES string of the molecule is N=C(N)N(CCCCN(C(=N)N)c1nc(Cl)c(N)nc1N)c1nc(Cl)c(N)nc1N. The van der Waals surface area contributed by atoms with Crippen molar-refractivity contribution in [2.45, 2.75) is 12.8 Å². The summed E-state index contributed by atoms with van der Waals surface area (Å²) >= 11 is 11.8. The third-order valence-corrected chi connectivity index (χ3v) is 4.43. The summed E-state index contributed by atoms with van der Waals surface area (Å²) in [5, 5.41) is 15.5. The van der Waals surface area contributed by atoms with Crippen LogP contribution in [0.5, 0.6) is 0 Å². The van der Waals surface area contributed by atoms with Crippen LogP contribution in [0.1, 0.15) is 12.8 Å². The molecule has 0 saturated heterocycles. The van der Waals surface area contributed by atoms with Crippen molar-refractivity contribution >= 4 is 70.0 Å². The number of unbranched alkanes of at least 4 members (excludes halogenated alkanes) is 1. The molecule has 0 aliphatic carbocycles. The number of nitrogen functional groups attached to an aromatic ring is 4. The van der Waals surface area contributed by atoms with Crippen molar-refractivity contribution in [1.29, 1.82) is 10.8 Å². The van der Waals surface area contributed by atoms with E-state index < -0.39 is 0 Å². The number of aromatic nitrogens is 4. The van der Waals surface area contributed by atoms with Gasteiger partial charge in [-0.05, 0) is 12.8 Å². The van der Waals surface area contributed by atoms with Gasteiger partial charge >= 0.3 is 0 Å². The fraction of sp³-hybridized carbons (Fsp3) is 0.286. The van der Waals surface area contributed by atoms with Gasteiger partial charge in [0.2, 0.25) is 0 Å². The monoisotopic (exact) mass is 456 g/mol. The first-order valence-corrected chi connectivity index (χ1v) is 9.18. The molecule has 30 heavy (non-hydrogen) atoms. The van der Waals surface area contributed by atoms with Crippen LogP contribution >= 0.6 is 23.2 Å². The molecular formula is C14H22Cl2N14. The maximum absolute atomic E-state index is 7.78. The Balaban J connectivity index is 2.10. The first-order chi connectivity index (χ1) is 14.0. The van der Waals surface area contributed by atoms with E-state index in [9.17, 15) is 0 Å². The fourth-order valence-corrected chi connectivity index (χ4v) is 2.73. The van der Waals surface area contributed by atoms with E-state index in [-0.39, 0.29) is 70.2 Å². The first-order valence-electron chi connectivity index (χ1n) is 8.43. The van der Waals surface area contributed by atoms with E-state index in [0.717, 1.165) is 0 Å². The van der Waals surface area contributed by atoms with Crippen LogP contribution in [0.2, 0.25) is 10.3 Å². The number of nitrogens with two attached hydrogens (primary N) is 6. The van der Waals surface area contributed by atoms with Gasteiger partial charge in [0.1, 0.15) is 0 Å². The molecule has 14 nitrogen and oxygen atoms in total. The van der Waals surface area contributed by atoms with Gasteiger partial charge in [-0.1, -0.05) is 23.2 Å². The second-order valence-corrected chi connectivity index (χ2v) is 6.71. The topological polar surface area (TPSA) is 262 Å². The Hall–Kier alpha value is -3.52. The van der Waals surface area contributed by atoms with Gasteiger partial charge in [0, 0.05) is 13.1 Å². The average Bonchev–Trinajstić information content (AvgIpc) is 2.64. The van der Waals surface area contributed by atoms with Crippen LogP contribution in [0.3, 0.4) is 0 Å². The molecule has 0 aliphatic heterocycles. The highest BCUT2D eigenvalue weighted by Crippen LogP contribution is 2.26. The predicted molar refractivity (Wildman–Crippen MR) is 119 cm³/mol. The van der Waals surface area contributed by atoms with E-state index in [2.05, 4.69) is 19.9 Å². The van der Waals surface area contributed by atoms with Crippen LogP contribution in [0.15, 0.2) is 0 Å². The maximum Gasteiger partial charge on any atom is 0.194 e. The molecule has 0 aliphatic rings. The molecule has 0 atom stereocenters. The fourth-order valence-electron chi connectivity index (χ4n) is 2.48. The number of guanidine groups is 2. The summed E-state index contributed by atoms with van der Waals surface area (Å²) in [6, 6.07) is 0. The number of hydrogen-bond donors (Lipinski definition) is 8. The second-order valence-electron chi connectivity index (χ2n) is 6.00. The molecular weight excluding hydrogens is 435 g/mol. The highest BCUT2D eigenvalue weighted by Gasteiger charge is 2.20. The minimum absolute atomic E-state index is 0.0166. The van der Waals surface area contributed by atoms with Crippen molar-refractivity contribution in [3.63, 3.8) is 0 Å². The zero-order valence-corrected chi connectivity index (χ0v) is 17.2. The molecule has 2 heterocycles. The summed E-state index contributed by atoms with van der Waals surface area (Å²) in [6.07, 6.45) is 0.977. The summed E-state index contributed by atoms with van der Waals surface area (Å²) in [5.74, 6) is -0.467. The molecule has 2 rings (SSSR count). The summed E-state index contributed by atoms with van der Waals surface area (Å²) in [5.41, 5.74) is 34.1. The molecule has 0 amide bonds. The molecule has 0 radical (unpaired) electrons. The second kappa shape index (κ2) is 9.32. The molecule has 2 aromatic rings. The standard InChI is InChI=1S/C14H22Cl2N14/c15-5-7(17)27-9(19)11(25-5)29(13(21)22)3-1-2-4-30(14(23)24)12-10(20)28-8(18)6(16)26-12/h1-4H2,(H3,21,22)(H3,23,24)(H4,17,19,27)(H4,18,20,28). The van der Waals surface area contributed by atoms with Crippen LogP contribution in [-0.4, -0.2) is 44.9 Å². The lowest BCUT2D eigenvalue weighted by atomic mass is 10.2. The van der Waals surface area contributed by atoms with Crippen LogP contribution in [-0.2, 0) is 0 Å². The third kappa shape index (κ3) is 5.09. The van der Waals surface area contributed by atoms with Gasteiger partial charge in [-0.3, -0.25) is 20.6 Å². The van der Waals surface area contributed by atoms with Gasteiger partial charge in [0.25, 0.3) is 0 Å². The smallest absolute Gasteiger partial charge is 0.194 e. The number of rotatable bonds is 7. The normalized spacial score (nSPS) is 10.6. The van der Waals surface area contributed by atoms with Gasteiger partial charge in [-0.15, -0.1) is 0 Å². The average molecular weight is 457 g/mol. The van der Waals surface area contributed by atoms with E-state index in [1.807, 2.05) is 0 Å². The van der Waals surface area contributed by atoms with E-state index in [1.165, 1.54) is 9.80 Å². The number of hydrogen-bond acceptors (Lipinski definition) is 10. The molecule has 0 spiro atoms. The zero-order chi connectivity index (χ0) is 22.6. The number of halogens is 2. The largest absolute Gasteiger partial charge is 0.381 e. The maximum atomic E-state index is 7.78. The van der Waals surface area contributed by atoms with E-state index >= 15 is 0 Å². The highest BCUT2D eigenvalue weighted by atomic mass is 35.5. The van der Waals surface area contributed by atoms with E-state index in [0.29, 0.717) is 12.8 Å². The van der Waals surface area contributed by atoms with E-state index in [4.69, 9.17) is 68.4 Å². The van der Waals surface area contributed by atoms with Crippen molar-refractivity contribution in [2.75, 3.05) is 45.8 Å². The highest BCUT2D eigenvalue weighted by molar-refractivity contribution is 6.32. The summed E-state index contributed by atoms with van der Waals surface area (Å²) in [7, 11) is 0. The summed E-state index contributed by atoms with van der Waals surface area (Å²) in [6.45, 7) is 0.508. The first kappa shape index (κ1) is 22.8. The van der Waals surface area contributed by atoms with Crippen molar-refractivity contribution in [2.24, 2.45) is 11.5 Å². The van der Waals surface area contributed by atoms with Gasteiger partial charge in [0.15, 0.2) is 57.1 Å². The Kier molecular flexibility index (Phi) is 7.07. The Morgan fingerprint density at radius 2 is 1.00 bits per heavy atom. The Labute approximate surface area is 181 Å². The van der Waals surface area contributed by atoms with Crippen molar-refractivity contribution in [3.8, 4) is 0 Å².